The fraction of sp³-hybridized carbons (Fsp3) is 0.875. The number of nitrogens with zero attached hydrogens (tertiary/aromatic N) is 3. The predicted octanol–water partition coefficient (Wildman–Crippen LogP) is 4.26. The van der Waals surface area contributed by atoms with Gasteiger partial charge in [-0.1, -0.05) is 13.8 Å². The van der Waals surface area contributed by atoms with Crippen LogP contribution in [0, 0.1) is 40.4 Å². The molecule has 5 heteroatoms. The molecule has 0 radical (unpaired) electrons. The summed E-state index contributed by atoms with van der Waals surface area (Å²) in [4.78, 5) is 17.2. The summed E-state index contributed by atoms with van der Waals surface area (Å²) in [6.07, 6.45) is 13.5. The highest BCUT2D eigenvalue weighted by atomic mass is 16.3. The van der Waals surface area contributed by atoms with E-state index in [2.05, 4.69) is 23.9 Å². The van der Waals surface area contributed by atoms with Crippen molar-refractivity contribution in [2.45, 2.75) is 90.7 Å². The molecule has 4 aliphatic carbocycles. The molecule has 29 heavy (non-hydrogen) atoms. The highest BCUT2D eigenvalue weighted by molar-refractivity contribution is 5.82. The summed E-state index contributed by atoms with van der Waals surface area (Å²) in [6.45, 7) is 7.40. The van der Waals surface area contributed by atoms with Crippen LogP contribution in [0.1, 0.15) is 78.6 Å². The van der Waals surface area contributed by atoms with E-state index in [-0.39, 0.29) is 11.3 Å². The number of Topliss-reactive ketones (excluding diaryl/α,β-unsaturated/α-hetero) is 1. The molecule has 1 N–H and O–H groups in total. The lowest BCUT2D eigenvalue weighted by molar-refractivity contribution is -0.153. The summed E-state index contributed by atoms with van der Waals surface area (Å²) in [5, 5.41) is 14.8. The van der Waals surface area contributed by atoms with E-state index in [1.165, 1.54) is 44.9 Å². The second-order valence-corrected chi connectivity index (χ2v) is 11.6. The topological polar surface area (TPSA) is 68.0 Å². The van der Waals surface area contributed by atoms with Crippen molar-refractivity contribution in [3.05, 3.63) is 12.7 Å². The van der Waals surface area contributed by atoms with Gasteiger partial charge in [0.2, 0.25) is 0 Å². The number of carbonyl (C=O) groups is 1. The molecule has 0 amide bonds. The van der Waals surface area contributed by atoms with Gasteiger partial charge in [0.25, 0.3) is 0 Å². The zero-order chi connectivity index (χ0) is 20.4. The van der Waals surface area contributed by atoms with E-state index < -0.39 is 5.60 Å². The third kappa shape index (κ3) is 3.02. The summed E-state index contributed by atoms with van der Waals surface area (Å²) in [7, 11) is 0. The Bertz CT molecular complexity index is 775. The van der Waals surface area contributed by atoms with E-state index in [4.69, 9.17) is 0 Å². The quantitative estimate of drug-likeness (QED) is 0.825. The van der Waals surface area contributed by atoms with Crippen LogP contribution in [0.3, 0.4) is 0 Å². The fourth-order valence-electron chi connectivity index (χ4n) is 8.65. The Morgan fingerprint density at radius 2 is 1.72 bits per heavy atom. The monoisotopic (exact) mass is 399 g/mol. The molecule has 5 nitrogen and oxygen atoms in total. The van der Waals surface area contributed by atoms with Crippen molar-refractivity contribution in [1.82, 2.24) is 14.8 Å². The molecule has 0 aromatic carbocycles. The Morgan fingerprint density at radius 3 is 2.48 bits per heavy atom. The van der Waals surface area contributed by atoms with Gasteiger partial charge in [-0.15, -0.1) is 0 Å². The van der Waals surface area contributed by atoms with Crippen molar-refractivity contribution < 1.29 is 9.90 Å². The average molecular weight is 400 g/mol. The molecular formula is C24H37N3O2. The average Bonchev–Trinajstić information content (AvgIpc) is 3.28. The number of rotatable bonds is 3. The Labute approximate surface area is 174 Å². The largest absolute Gasteiger partial charge is 0.390 e. The van der Waals surface area contributed by atoms with Crippen LogP contribution in [0.15, 0.2) is 12.7 Å². The number of ketones is 1. The van der Waals surface area contributed by atoms with Crippen molar-refractivity contribution in [3.8, 4) is 0 Å². The summed E-state index contributed by atoms with van der Waals surface area (Å²) in [5.41, 5.74) is 0.0854. The van der Waals surface area contributed by atoms with Crippen molar-refractivity contribution in [3.63, 3.8) is 0 Å². The summed E-state index contributed by atoms with van der Waals surface area (Å²) in [5.74, 6) is 3.40. The molecular weight excluding hydrogens is 362 g/mol. The second kappa shape index (κ2) is 6.63. The lowest BCUT2D eigenvalue weighted by atomic mass is 9.43. The minimum absolute atomic E-state index is 0.148. The number of aromatic nitrogens is 3. The van der Waals surface area contributed by atoms with Crippen molar-refractivity contribution in [2.75, 3.05) is 0 Å². The Morgan fingerprint density at radius 1 is 1.00 bits per heavy atom. The molecule has 0 unspecified atom stereocenters. The molecule has 5 rings (SSSR count). The van der Waals surface area contributed by atoms with E-state index in [1.807, 2.05) is 6.92 Å². The minimum atomic E-state index is -0.459. The van der Waals surface area contributed by atoms with Crippen LogP contribution in [-0.2, 0) is 11.3 Å². The van der Waals surface area contributed by atoms with Gasteiger partial charge in [0, 0.05) is 5.92 Å². The van der Waals surface area contributed by atoms with Crippen LogP contribution in [0.4, 0.5) is 0 Å². The first kappa shape index (κ1) is 19.7. The zero-order valence-corrected chi connectivity index (χ0v) is 18.3. The first-order chi connectivity index (χ1) is 13.7. The molecule has 1 aromatic heterocycles. The van der Waals surface area contributed by atoms with Gasteiger partial charge in [-0.2, -0.15) is 5.10 Å². The van der Waals surface area contributed by atoms with Gasteiger partial charge in [0.1, 0.15) is 19.2 Å². The maximum atomic E-state index is 13.2. The maximum Gasteiger partial charge on any atom is 0.157 e. The molecule has 0 spiro atoms. The highest BCUT2D eigenvalue weighted by Gasteiger charge is 2.62. The smallest absolute Gasteiger partial charge is 0.157 e. The van der Waals surface area contributed by atoms with Gasteiger partial charge in [0.15, 0.2) is 5.78 Å². The first-order valence-electron chi connectivity index (χ1n) is 11.8. The van der Waals surface area contributed by atoms with Gasteiger partial charge in [-0.3, -0.25) is 4.79 Å². The van der Waals surface area contributed by atoms with E-state index in [1.54, 1.807) is 11.0 Å². The van der Waals surface area contributed by atoms with Gasteiger partial charge in [-0.25, -0.2) is 9.67 Å². The molecule has 4 saturated carbocycles. The van der Waals surface area contributed by atoms with Crippen molar-refractivity contribution in [1.29, 1.82) is 0 Å². The van der Waals surface area contributed by atoms with E-state index in [0.29, 0.717) is 29.6 Å². The zero-order valence-electron chi connectivity index (χ0n) is 18.3. The van der Waals surface area contributed by atoms with Crippen LogP contribution in [0.2, 0.25) is 0 Å². The van der Waals surface area contributed by atoms with Gasteiger partial charge in [-0.05, 0) is 99.2 Å². The number of aliphatic hydroxyl groups is 1. The molecule has 0 aliphatic heterocycles. The van der Waals surface area contributed by atoms with E-state index in [0.717, 1.165) is 31.1 Å². The molecule has 0 saturated heterocycles. The molecule has 160 valence electrons. The molecule has 4 aliphatic rings. The third-order valence-electron chi connectivity index (χ3n) is 10.1. The molecule has 4 fully saturated rings. The number of fused-ring (bicyclic) bond motifs is 5. The standard InChI is InChI=1S/C24H37N3O2/c1-22(29)9-8-17-16(12-22)4-5-18-19-6-7-20(21(28)13-27-15-25-14-26-27)24(19,3)11-10-23(17,18)2/h14-20,29H,4-13H2,1-3H3/t16-,17+,18+,19+,20-,22-,23-,24+/m1/s1. The normalized spacial score (nSPS) is 49.2. The van der Waals surface area contributed by atoms with Gasteiger partial charge in [0.05, 0.1) is 5.60 Å². The summed E-state index contributed by atoms with van der Waals surface area (Å²) < 4.78 is 1.69. The Kier molecular flexibility index (Phi) is 4.51. The number of hydrogen-bond donors (Lipinski definition) is 1. The van der Waals surface area contributed by atoms with Crippen LogP contribution < -0.4 is 0 Å². The van der Waals surface area contributed by atoms with Crippen LogP contribution in [-0.4, -0.2) is 31.3 Å². The lowest BCUT2D eigenvalue weighted by Gasteiger charge is -2.62. The highest BCUT2D eigenvalue weighted by Crippen LogP contribution is 2.69. The Hall–Kier alpha value is -1.23. The molecule has 1 aromatic rings. The number of carbonyl (C=O) groups excluding carboxylic acids is 1. The maximum absolute atomic E-state index is 13.2. The Balaban J connectivity index is 1.36. The second-order valence-electron chi connectivity index (χ2n) is 11.6. The van der Waals surface area contributed by atoms with Crippen LogP contribution in [0.5, 0.6) is 0 Å². The minimum Gasteiger partial charge on any atom is -0.390 e. The third-order valence-corrected chi connectivity index (χ3v) is 10.1. The van der Waals surface area contributed by atoms with Crippen molar-refractivity contribution in [2.24, 2.45) is 40.4 Å². The van der Waals surface area contributed by atoms with Crippen LogP contribution in [0.25, 0.3) is 0 Å². The fourth-order valence-corrected chi connectivity index (χ4v) is 8.65. The SMILES string of the molecule is C[C@@]1(O)CC[C@H]2[C@H](CC[C@H]3[C@@H]4CC[C@H](C(=O)Cn5cncn5)[C@@]4(C)CC[C@]23C)C1. The summed E-state index contributed by atoms with van der Waals surface area (Å²) >= 11 is 0. The molecule has 0 bridgehead atoms. The van der Waals surface area contributed by atoms with Crippen LogP contribution >= 0.6 is 0 Å². The number of hydrogen-bond acceptors (Lipinski definition) is 4. The predicted molar refractivity (Wildman–Crippen MR) is 111 cm³/mol. The molecule has 1 heterocycles. The van der Waals surface area contributed by atoms with E-state index in [9.17, 15) is 9.90 Å². The van der Waals surface area contributed by atoms with Crippen molar-refractivity contribution >= 4 is 5.78 Å². The lowest BCUT2D eigenvalue weighted by Crippen LogP contribution is -2.56. The summed E-state index contributed by atoms with van der Waals surface area (Å²) in [6, 6.07) is 0. The van der Waals surface area contributed by atoms with E-state index >= 15 is 0 Å². The van der Waals surface area contributed by atoms with Gasteiger partial charge < -0.3 is 5.11 Å². The molecule has 8 atom stereocenters. The van der Waals surface area contributed by atoms with Gasteiger partial charge >= 0.3 is 0 Å². The first-order valence-corrected chi connectivity index (χ1v) is 11.8.